The van der Waals surface area contributed by atoms with E-state index in [1.807, 2.05) is 6.07 Å². The van der Waals surface area contributed by atoms with E-state index in [-0.39, 0.29) is 13.2 Å². The van der Waals surface area contributed by atoms with Crippen molar-refractivity contribution in [2.24, 2.45) is 0 Å². The average molecular weight is 353 g/mol. The Bertz CT molecular complexity index is 632. The van der Waals surface area contributed by atoms with Crippen LogP contribution in [0.15, 0.2) is 24.3 Å². The third kappa shape index (κ3) is 5.45. The highest BCUT2D eigenvalue weighted by atomic mass is 31.2. The van der Waals surface area contributed by atoms with Crippen LogP contribution in [0.1, 0.15) is 56.2 Å². The van der Waals surface area contributed by atoms with Gasteiger partial charge in [-0.3, -0.25) is 4.57 Å². The number of ether oxygens (including phenoxy) is 1. The molecule has 0 amide bonds. The summed E-state index contributed by atoms with van der Waals surface area (Å²) >= 11 is 0. The van der Waals surface area contributed by atoms with Crippen LogP contribution in [-0.2, 0) is 18.3 Å². The fourth-order valence-corrected chi connectivity index (χ4v) is 3.78. The van der Waals surface area contributed by atoms with Gasteiger partial charge >= 0.3 is 13.6 Å². The molecule has 1 atom stereocenters. The first kappa shape index (κ1) is 20.4. The van der Waals surface area contributed by atoms with Crippen LogP contribution in [0.3, 0.4) is 0 Å². The number of carbonyl (C=O) groups is 1. The summed E-state index contributed by atoms with van der Waals surface area (Å²) in [7, 11) is -3.60. The zero-order chi connectivity index (χ0) is 18.4. The number of hydrogen-bond acceptors (Lipinski definition) is 6. The Morgan fingerprint density at radius 3 is 2.04 bits per heavy atom. The van der Waals surface area contributed by atoms with Gasteiger partial charge in [0.15, 0.2) is 5.66 Å². The number of nitriles is 1. The van der Waals surface area contributed by atoms with Gasteiger partial charge in [-0.2, -0.15) is 5.26 Å². The summed E-state index contributed by atoms with van der Waals surface area (Å²) in [4.78, 5) is 12.0. The topological polar surface area (TPSA) is 85.6 Å². The molecule has 1 aromatic carbocycles. The Morgan fingerprint density at radius 2 is 1.67 bits per heavy atom. The molecule has 0 fully saturated rings. The molecule has 132 valence electrons. The average Bonchev–Trinajstić information content (AvgIpc) is 2.47. The van der Waals surface area contributed by atoms with E-state index in [9.17, 15) is 14.6 Å². The van der Waals surface area contributed by atoms with Gasteiger partial charge in [-0.25, -0.2) is 4.79 Å². The van der Waals surface area contributed by atoms with Crippen LogP contribution >= 0.6 is 7.60 Å². The van der Waals surface area contributed by atoms with E-state index in [1.165, 1.54) is 12.1 Å². The van der Waals surface area contributed by atoms with E-state index in [0.29, 0.717) is 11.1 Å². The van der Waals surface area contributed by atoms with Crippen molar-refractivity contribution >= 4 is 13.6 Å². The predicted octanol–water partition coefficient (Wildman–Crippen LogP) is 4.47. The Hall–Kier alpha value is -1.67. The SMILES string of the molecule is CCOP(=O)(OCC)C(C#N)c1ccc(C(=O)OC(C)(C)C)cc1. The smallest absolute Gasteiger partial charge is 0.352 e. The van der Waals surface area contributed by atoms with Crippen LogP contribution in [0.4, 0.5) is 0 Å². The Morgan fingerprint density at radius 1 is 1.17 bits per heavy atom. The largest absolute Gasteiger partial charge is 0.456 e. The number of hydrogen-bond donors (Lipinski definition) is 0. The van der Waals surface area contributed by atoms with Crippen molar-refractivity contribution in [3.05, 3.63) is 35.4 Å². The van der Waals surface area contributed by atoms with Gasteiger partial charge in [0, 0.05) is 0 Å². The van der Waals surface area contributed by atoms with Crippen molar-refractivity contribution in [2.45, 2.75) is 45.9 Å². The molecule has 0 N–H and O–H groups in total. The second-order valence-corrected chi connectivity index (χ2v) is 8.14. The second kappa shape index (κ2) is 8.43. The standard InChI is InChI=1S/C17H24NO5P/c1-6-21-24(20,22-7-2)15(12-18)13-8-10-14(11-9-13)16(19)23-17(3,4)5/h8-11,15H,6-7H2,1-5H3. The summed E-state index contributed by atoms with van der Waals surface area (Å²) < 4.78 is 28.6. The number of nitrogens with zero attached hydrogens (tertiary/aromatic N) is 1. The molecule has 6 nitrogen and oxygen atoms in total. The molecule has 0 saturated carbocycles. The molecule has 0 saturated heterocycles. The molecule has 1 aromatic rings. The monoisotopic (exact) mass is 353 g/mol. The van der Waals surface area contributed by atoms with Crippen molar-refractivity contribution in [2.75, 3.05) is 13.2 Å². The summed E-state index contributed by atoms with van der Waals surface area (Å²) in [5.41, 5.74) is -0.821. The molecule has 24 heavy (non-hydrogen) atoms. The van der Waals surface area contributed by atoms with Crippen molar-refractivity contribution in [3.8, 4) is 6.07 Å². The van der Waals surface area contributed by atoms with Crippen molar-refractivity contribution < 1.29 is 23.1 Å². The van der Waals surface area contributed by atoms with Gasteiger partial charge in [0.05, 0.1) is 24.8 Å². The lowest BCUT2D eigenvalue weighted by atomic mass is 10.1. The lowest BCUT2D eigenvalue weighted by Gasteiger charge is -2.22. The Balaban J connectivity index is 3.07. The van der Waals surface area contributed by atoms with Gasteiger partial charge in [0.2, 0.25) is 0 Å². The fourth-order valence-electron chi connectivity index (χ4n) is 2.01. The maximum absolute atomic E-state index is 12.8. The van der Waals surface area contributed by atoms with Crippen LogP contribution in [-0.4, -0.2) is 24.8 Å². The second-order valence-electron chi connectivity index (χ2n) is 6.03. The van der Waals surface area contributed by atoms with Crippen LogP contribution in [0, 0.1) is 11.3 Å². The van der Waals surface area contributed by atoms with Crippen LogP contribution in [0.25, 0.3) is 0 Å². The molecule has 0 spiro atoms. The highest BCUT2D eigenvalue weighted by molar-refractivity contribution is 7.54. The van der Waals surface area contributed by atoms with Gasteiger partial charge in [0.25, 0.3) is 0 Å². The Kier molecular flexibility index (Phi) is 7.16. The molecule has 7 heteroatoms. The van der Waals surface area contributed by atoms with E-state index < -0.39 is 24.8 Å². The summed E-state index contributed by atoms with van der Waals surface area (Å²) in [6.07, 6.45) is 0. The number of esters is 1. The molecule has 0 heterocycles. The minimum atomic E-state index is -3.60. The first-order valence-electron chi connectivity index (χ1n) is 7.78. The van der Waals surface area contributed by atoms with Crippen molar-refractivity contribution in [1.82, 2.24) is 0 Å². The van der Waals surface area contributed by atoms with Gasteiger partial charge in [-0.15, -0.1) is 0 Å². The third-order valence-electron chi connectivity index (χ3n) is 2.92. The molecular weight excluding hydrogens is 329 g/mol. The summed E-state index contributed by atoms with van der Waals surface area (Å²) in [6.45, 7) is 9.07. The normalized spacial score (nSPS) is 13.2. The molecule has 0 aliphatic rings. The molecule has 0 aromatic heterocycles. The van der Waals surface area contributed by atoms with Crippen LogP contribution < -0.4 is 0 Å². The quantitative estimate of drug-likeness (QED) is 0.531. The van der Waals surface area contributed by atoms with E-state index in [2.05, 4.69) is 0 Å². The van der Waals surface area contributed by atoms with Gasteiger partial charge < -0.3 is 13.8 Å². The van der Waals surface area contributed by atoms with Crippen molar-refractivity contribution in [1.29, 1.82) is 5.26 Å². The first-order valence-corrected chi connectivity index (χ1v) is 9.39. The van der Waals surface area contributed by atoms with Gasteiger partial charge in [0.1, 0.15) is 5.60 Å². The van der Waals surface area contributed by atoms with Crippen molar-refractivity contribution in [3.63, 3.8) is 0 Å². The van der Waals surface area contributed by atoms with Gasteiger partial charge in [-0.05, 0) is 52.3 Å². The zero-order valence-electron chi connectivity index (χ0n) is 14.7. The molecule has 1 rings (SSSR count). The number of rotatable bonds is 7. The minimum absolute atomic E-state index is 0.172. The zero-order valence-corrected chi connectivity index (χ0v) is 15.6. The molecule has 0 aliphatic heterocycles. The van der Waals surface area contributed by atoms with Gasteiger partial charge in [-0.1, -0.05) is 12.1 Å². The molecular formula is C17H24NO5P. The lowest BCUT2D eigenvalue weighted by molar-refractivity contribution is 0.00695. The molecule has 0 radical (unpaired) electrons. The molecule has 1 unspecified atom stereocenters. The number of benzene rings is 1. The molecule has 0 bridgehead atoms. The van der Waals surface area contributed by atoms with Crippen LogP contribution in [0.5, 0.6) is 0 Å². The summed E-state index contributed by atoms with van der Waals surface area (Å²) in [6, 6.07) is 8.20. The third-order valence-corrected chi connectivity index (χ3v) is 5.20. The summed E-state index contributed by atoms with van der Waals surface area (Å²) in [5, 5.41) is 9.43. The van der Waals surface area contributed by atoms with E-state index in [0.717, 1.165) is 0 Å². The maximum Gasteiger partial charge on any atom is 0.352 e. The van der Waals surface area contributed by atoms with Crippen LogP contribution in [0.2, 0.25) is 0 Å². The minimum Gasteiger partial charge on any atom is -0.456 e. The Labute approximate surface area is 143 Å². The number of carbonyl (C=O) groups excluding carboxylic acids is 1. The lowest BCUT2D eigenvalue weighted by Crippen LogP contribution is -2.23. The van der Waals surface area contributed by atoms with E-state index in [1.54, 1.807) is 46.8 Å². The molecule has 0 aliphatic carbocycles. The predicted molar refractivity (Wildman–Crippen MR) is 90.8 cm³/mol. The van der Waals surface area contributed by atoms with E-state index in [4.69, 9.17) is 13.8 Å². The summed E-state index contributed by atoms with van der Waals surface area (Å²) in [5.74, 6) is -0.458. The first-order chi connectivity index (χ1) is 11.2. The highest BCUT2D eigenvalue weighted by Crippen LogP contribution is 2.60. The maximum atomic E-state index is 12.8. The van der Waals surface area contributed by atoms with E-state index >= 15 is 0 Å². The fraction of sp³-hybridized carbons (Fsp3) is 0.529. The highest BCUT2D eigenvalue weighted by Gasteiger charge is 2.37.